The number of anilines is 2. The van der Waals surface area contributed by atoms with Crippen molar-refractivity contribution in [2.75, 3.05) is 10.2 Å². The first kappa shape index (κ1) is 21.4. The summed E-state index contributed by atoms with van der Waals surface area (Å²) < 4.78 is 5.73. The minimum absolute atomic E-state index is 0.0459. The average Bonchev–Trinajstić information content (AvgIpc) is 3.00. The Morgan fingerprint density at radius 3 is 2.03 bits per heavy atom. The van der Waals surface area contributed by atoms with E-state index in [0.29, 0.717) is 22.6 Å². The highest BCUT2D eigenvalue weighted by Crippen LogP contribution is 2.36. The molecule has 3 aromatic carbocycles. The van der Waals surface area contributed by atoms with Crippen molar-refractivity contribution in [3.05, 3.63) is 95.2 Å². The van der Waals surface area contributed by atoms with Gasteiger partial charge in [-0.2, -0.15) is 0 Å². The Kier molecular flexibility index (Phi) is 5.82. The van der Waals surface area contributed by atoms with E-state index in [1.165, 1.54) is 4.90 Å². The van der Waals surface area contributed by atoms with Crippen molar-refractivity contribution in [1.29, 1.82) is 0 Å². The second-order valence-corrected chi connectivity index (χ2v) is 8.11. The van der Waals surface area contributed by atoms with Crippen molar-refractivity contribution >= 4 is 28.8 Å². The van der Waals surface area contributed by atoms with Gasteiger partial charge in [0.2, 0.25) is 0 Å². The van der Waals surface area contributed by atoms with E-state index in [4.69, 9.17) is 4.74 Å². The number of carbonyl (C=O) groups excluding carboxylic acids is 2. The van der Waals surface area contributed by atoms with Crippen LogP contribution in [0.1, 0.15) is 30.5 Å². The summed E-state index contributed by atoms with van der Waals surface area (Å²) in [5.74, 6) is -0.00623. The van der Waals surface area contributed by atoms with Crippen LogP contribution in [-0.4, -0.2) is 17.9 Å². The number of para-hydroxylation sites is 2. The number of nitrogens with zero attached hydrogens (tertiary/aromatic N) is 1. The van der Waals surface area contributed by atoms with Crippen LogP contribution in [0.5, 0.6) is 5.75 Å². The third kappa shape index (κ3) is 4.02. The molecule has 0 spiro atoms. The van der Waals surface area contributed by atoms with Crippen LogP contribution in [0.3, 0.4) is 0 Å². The van der Waals surface area contributed by atoms with E-state index in [2.05, 4.69) is 5.32 Å². The van der Waals surface area contributed by atoms with Crippen molar-refractivity contribution < 1.29 is 14.3 Å². The molecule has 1 aliphatic heterocycles. The number of ether oxygens (including phenoxy) is 1. The summed E-state index contributed by atoms with van der Waals surface area (Å²) in [7, 11) is 0. The minimum Gasteiger partial charge on any atom is -0.491 e. The van der Waals surface area contributed by atoms with Crippen molar-refractivity contribution in [3.8, 4) is 5.75 Å². The number of amides is 2. The Morgan fingerprint density at radius 2 is 1.41 bits per heavy atom. The number of imide groups is 1. The van der Waals surface area contributed by atoms with E-state index >= 15 is 0 Å². The van der Waals surface area contributed by atoms with Crippen LogP contribution in [0.15, 0.2) is 78.5 Å². The molecule has 1 N–H and O–H groups in total. The van der Waals surface area contributed by atoms with Gasteiger partial charge >= 0.3 is 0 Å². The molecule has 0 aromatic heterocycles. The monoisotopic (exact) mass is 426 g/mol. The lowest BCUT2D eigenvalue weighted by atomic mass is 10.0. The van der Waals surface area contributed by atoms with E-state index in [9.17, 15) is 9.59 Å². The number of aryl methyl sites for hydroxylation is 2. The Bertz CT molecular complexity index is 1210. The van der Waals surface area contributed by atoms with Crippen LogP contribution in [0, 0.1) is 13.8 Å². The van der Waals surface area contributed by atoms with Crippen molar-refractivity contribution in [1.82, 2.24) is 0 Å². The standard InChI is InChI=1S/C27H26N2O3/c1-17(2)32-21-15-13-20(14-16-21)24-25(28-22-11-7-5-9-18(22)3)27(31)29(26(24)30)23-12-8-6-10-19(23)4/h5-17,28H,1-4H3. The van der Waals surface area contributed by atoms with Gasteiger partial charge < -0.3 is 10.1 Å². The molecule has 1 aliphatic rings. The van der Waals surface area contributed by atoms with E-state index in [0.717, 1.165) is 16.8 Å². The summed E-state index contributed by atoms with van der Waals surface area (Å²) in [4.78, 5) is 28.4. The maximum absolute atomic E-state index is 13.6. The Labute approximate surface area is 188 Å². The summed E-state index contributed by atoms with van der Waals surface area (Å²) >= 11 is 0. The molecule has 32 heavy (non-hydrogen) atoms. The number of hydrogen-bond donors (Lipinski definition) is 1. The molecule has 1 heterocycles. The van der Waals surface area contributed by atoms with Crippen LogP contribution in [-0.2, 0) is 9.59 Å². The number of nitrogens with one attached hydrogen (secondary N) is 1. The Balaban J connectivity index is 1.81. The summed E-state index contributed by atoms with van der Waals surface area (Å²) in [6.45, 7) is 7.77. The first-order valence-electron chi connectivity index (χ1n) is 10.6. The third-order valence-electron chi connectivity index (χ3n) is 5.36. The van der Waals surface area contributed by atoms with Gasteiger partial charge in [0.25, 0.3) is 11.8 Å². The fraction of sp³-hybridized carbons (Fsp3) is 0.185. The van der Waals surface area contributed by atoms with Crippen LogP contribution >= 0.6 is 0 Å². The molecule has 0 saturated heterocycles. The van der Waals surface area contributed by atoms with Crippen LogP contribution in [0.2, 0.25) is 0 Å². The number of carbonyl (C=O) groups is 2. The highest BCUT2D eigenvalue weighted by molar-refractivity contribution is 6.46. The molecular formula is C27H26N2O3. The number of rotatable bonds is 6. The van der Waals surface area contributed by atoms with Gasteiger partial charge in [-0.3, -0.25) is 9.59 Å². The predicted octanol–water partition coefficient (Wildman–Crippen LogP) is 5.49. The van der Waals surface area contributed by atoms with Gasteiger partial charge in [0.15, 0.2) is 0 Å². The van der Waals surface area contributed by atoms with E-state index in [1.54, 1.807) is 6.07 Å². The summed E-state index contributed by atoms with van der Waals surface area (Å²) in [6.07, 6.45) is 0.0459. The van der Waals surface area contributed by atoms with Gasteiger partial charge in [-0.15, -0.1) is 0 Å². The molecule has 2 amide bonds. The van der Waals surface area contributed by atoms with Crippen molar-refractivity contribution in [3.63, 3.8) is 0 Å². The smallest absolute Gasteiger partial charge is 0.282 e. The van der Waals surface area contributed by atoms with Crippen molar-refractivity contribution in [2.45, 2.75) is 33.8 Å². The zero-order chi connectivity index (χ0) is 22.8. The molecule has 0 aliphatic carbocycles. The molecule has 5 heteroatoms. The normalized spacial score (nSPS) is 13.8. The second kappa shape index (κ2) is 8.71. The first-order valence-corrected chi connectivity index (χ1v) is 10.6. The number of benzene rings is 3. The summed E-state index contributed by atoms with van der Waals surface area (Å²) in [6, 6.07) is 22.4. The quantitative estimate of drug-likeness (QED) is 0.530. The van der Waals surface area contributed by atoms with Gasteiger partial charge in [0.05, 0.1) is 17.4 Å². The summed E-state index contributed by atoms with van der Waals surface area (Å²) in [5, 5.41) is 3.24. The lowest BCUT2D eigenvalue weighted by molar-refractivity contribution is -0.120. The highest BCUT2D eigenvalue weighted by atomic mass is 16.5. The molecule has 0 unspecified atom stereocenters. The number of hydrogen-bond acceptors (Lipinski definition) is 4. The van der Waals surface area contributed by atoms with Gasteiger partial charge in [0, 0.05) is 5.69 Å². The molecule has 162 valence electrons. The first-order chi connectivity index (χ1) is 15.4. The Morgan fingerprint density at radius 1 is 0.781 bits per heavy atom. The average molecular weight is 427 g/mol. The van der Waals surface area contributed by atoms with Crippen LogP contribution in [0.25, 0.3) is 5.57 Å². The maximum atomic E-state index is 13.6. The third-order valence-corrected chi connectivity index (χ3v) is 5.36. The molecule has 0 radical (unpaired) electrons. The fourth-order valence-electron chi connectivity index (χ4n) is 3.77. The topological polar surface area (TPSA) is 58.6 Å². The molecule has 0 fully saturated rings. The second-order valence-electron chi connectivity index (χ2n) is 8.11. The minimum atomic E-state index is -0.370. The van der Waals surface area contributed by atoms with E-state index < -0.39 is 0 Å². The zero-order valence-corrected chi connectivity index (χ0v) is 18.7. The molecule has 0 bridgehead atoms. The molecule has 3 aromatic rings. The van der Waals surface area contributed by atoms with Gasteiger partial charge in [0.1, 0.15) is 11.4 Å². The van der Waals surface area contributed by atoms with Crippen molar-refractivity contribution in [2.24, 2.45) is 0 Å². The Hall–Kier alpha value is -3.86. The molecule has 4 rings (SSSR count). The largest absolute Gasteiger partial charge is 0.491 e. The van der Waals surface area contributed by atoms with Gasteiger partial charge in [-0.25, -0.2) is 4.90 Å². The lowest BCUT2D eigenvalue weighted by Gasteiger charge is -2.18. The van der Waals surface area contributed by atoms with E-state index in [-0.39, 0.29) is 23.6 Å². The zero-order valence-electron chi connectivity index (χ0n) is 18.7. The predicted molar refractivity (Wildman–Crippen MR) is 128 cm³/mol. The van der Waals surface area contributed by atoms with Crippen LogP contribution in [0.4, 0.5) is 11.4 Å². The molecule has 0 saturated carbocycles. The maximum Gasteiger partial charge on any atom is 0.282 e. The SMILES string of the molecule is Cc1ccccc1NC1=C(c2ccc(OC(C)C)cc2)C(=O)N(c2ccccc2C)C1=O. The molecule has 0 atom stereocenters. The fourth-order valence-corrected chi connectivity index (χ4v) is 3.77. The summed E-state index contributed by atoms with van der Waals surface area (Å²) in [5.41, 5.74) is 4.48. The highest BCUT2D eigenvalue weighted by Gasteiger charge is 2.40. The lowest BCUT2D eigenvalue weighted by Crippen LogP contribution is -2.33. The van der Waals surface area contributed by atoms with Gasteiger partial charge in [-0.1, -0.05) is 48.5 Å². The molecule has 5 nitrogen and oxygen atoms in total. The van der Waals surface area contributed by atoms with Gasteiger partial charge in [-0.05, 0) is 68.7 Å². The van der Waals surface area contributed by atoms with Crippen LogP contribution < -0.4 is 15.0 Å². The van der Waals surface area contributed by atoms with E-state index in [1.807, 2.05) is 94.4 Å². The molecular weight excluding hydrogens is 400 g/mol.